The summed E-state index contributed by atoms with van der Waals surface area (Å²) < 4.78 is 17.1. The summed E-state index contributed by atoms with van der Waals surface area (Å²) >= 11 is 0. The van der Waals surface area contributed by atoms with Crippen molar-refractivity contribution in [1.82, 2.24) is 0 Å². The Morgan fingerprint density at radius 2 is 1.29 bits per heavy atom. The molecule has 0 aliphatic carbocycles. The summed E-state index contributed by atoms with van der Waals surface area (Å²) in [5.41, 5.74) is 0.0771. The van der Waals surface area contributed by atoms with Crippen molar-refractivity contribution in [3.63, 3.8) is 0 Å². The highest BCUT2D eigenvalue weighted by atomic mass is 16.5. The van der Waals surface area contributed by atoms with Crippen molar-refractivity contribution in [2.24, 2.45) is 0 Å². The minimum Gasteiger partial charge on any atom is -0.489 e. The SMILES string of the molecule is C=CCCOc1cc(C(=O)O)cc(OCCC=C)c1OCCC=C. The molecule has 0 atom stereocenters. The molecule has 0 spiro atoms. The van der Waals surface area contributed by atoms with Gasteiger partial charge >= 0.3 is 5.97 Å². The molecule has 0 aliphatic heterocycles. The summed E-state index contributed by atoms with van der Waals surface area (Å²) in [5, 5.41) is 9.28. The summed E-state index contributed by atoms with van der Waals surface area (Å²) in [4.78, 5) is 11.3. The van der Waals surface area contributed by atoms with Gasteiger partial charge in [-0.05, 0) is 31.4 Å². The quantitative estimate of drug-likeness (QED) is 0.432. The molecule has 24 heavy (non-hydrogen) atoms. The van der Waals surface area contributed by atoms with Crippen molar-refractivity contribution in [1.29, 1.82) is 0 Å². The molecular formula is C19H24O5. The van der Waals surface area contributed by atoms with E-state index in [1.54, 1.807) is 18.2 Å². The lowest BCUT2D eigenvalue weighted by Gasteiger charge is -2.17. The Morgan fingerprint density at radius 3 is 1.67 bits per heavy atom. The lowest BCUT2D eigenvalue weighted by atomic mass is 10.2. The first-order valence-corrected chi connectivity index (χ1v) is 7.76. The van der Waals surface area contributed by atoms with Gasteiger partial charge in [-0.25, -0.2) is 4.79 Å². The smallest absolute Gasteiger partial charge is 0.335 e. The second-order valence-corrected chi connectivity index (χ2v) is 4.88. The fourth-order valence-electron chi connectivity index (χ4n) is 1.81. The van der Waals surface area contributed by atoms with E-state index < -0.39 is 5.97 Å². The standard InChI is InChI=1S/C19H24O5/c1-4-7-10-22-16-13-15(19(20)21)14-17(23-11-8-5-2)18(16)24-12-9-6-3/h4-6,13-14H,1-3,7-12H2,(H,20,21). The second kappa shape index (κ2) is 10.9. The van der Waals surface area contributed by atoms with Gasteiger partial charge in [0, 0.05) is 0 Å². The van der Waals surface area contributed by atoms with Gasteiger partial charge in [-0.1, -0.05) is 18.2 Å². The van der Waals surface area contributed by atoms with Gasteiger partial charge < -0.3 is 19.3 Å². The van der Waals surface area contributed by atoms with Crippen LogP contribution in [0.15, 0.2) is 50.1 Å². The molecule has 5 nitrogen and oxygen atoms in total. The van der Waals surface area contributed by atoms with Crippen LogP contribution in [0.5, 0.6) is 17.2 Å². The van der Waals surface area contributed by atoms with Crippen molar-refractivity contribution in [2.75, 3.05) is 19.8 Å². The molecule has 0 fully saturated rings. The van der Waals surface area contributed by atoms with Crippen LogP contribution in [0, 0.1) is 0 Å². The van der Waals surface area contributed by atoms with E-state index in [1.165, 1.54) is 12.1 Å². The first-order valence-electron chi connectivity index (χ1n) is 7.76. The van der Waals surface area contributed by atoms with Gasteiger partial charge in [-0.2, -0.15) is 0 Å². The maximum Gasteiger partial charge on any atom is 0.335 e. The molecule has 1 aromatic rings. The largest absolute Gasteiger partial charge is 0.489 e. The average Bonchev–Trinajstić information content (AvgIpc) is 2.56. The number of benzene rings is 1. The molecule has 0 aromatic heterocycles. The van der Waals surface area contributed by atoms with E-state index in [-0.39, 0.29) is 5.56 Å². The van der Waals surface area contributed by atoms with Gasteiger partial charge in [-0.3, -0.25) is 0 Å². The third-order valence-corrected chi connectivity index (χ3v) is 3.00. The van der Waals surface area contributed by atoms with E-state index in [1.807, 2.05) is 0 Å². The summed E-state index contributed by atoms with van der Waals surface area (Å²) in [5.74, 6) is 0.0218. The first-order chi connectivity index (χ1) is 11.6. The first kappa shape index (κ1) is 19.4. The predicted octanol–water partition coefficient (Wildman–Crippen LogP) is 4.25. The number of ether oxygens (including phenoxy) is 3. The second-order valence-electron chi connectivity index (χ2n) is 4.88. The topological polar surface area (TPSA) is 65.0 Å². The van der Waals surface area contributed by atoms with Crippen LogP contribution >= 0.6 is 0 Å². The van der Waals surface area contributed by atoms with Crippen LogP contribution < -0.4 is 14.2 Å². The van der Waals surface area contributed by atoms with Crippen molar-refractivity contribution >= 4 is 5.97 Å². The zero-order valence-electron chi connectivity index (χ0n) is 13.8. The highest BCUT2D eigenvalue weighted by molar-refractivity contribution is 5.89. The number of carboxylic acids is 1. The normalized spacial score (nSPS) is 9.83. The van der Waals surface area contributed by atoms with E-state index in [2.05, 4.69) is 19.7 Å². The molecule has 0 aliphatic rings. The molecule has 0 radical (unpaired) electrons. The summed E-state index contributed by atoms with van der Waals surface area (Å²) in [6.45, 7) is 12.1. The Balaban J connectivity index is 3.15. The van der Waals surface area contributed by atoms with Crippen LogP contribution in [0.1, 0.15) is 29.6 Å². The Kier molecular flexibility index (Phi) is 8.82. The number of carboxylic acid groups (broad SMARTS) is 1. The highest BCUT2D eigenvalue weighted by Gasteiger charge is 2.18. The molecule has 0 saturated heterocycles. The Hall–Kier alpha value is -2.69. The van der Waals surface area contributed by atoms with Crippen LogP contribution in [0.4, 0.5) is 0 Å². The van der Waals surface area contributed by atoms with Crippen molar-refractivity contribution in [2.45, 2.75) is 19.3 Å². The van der Waals surface area contributed by atoms with Crippen LogP contribution in [0.2, 0.25) is 0 Å². The maximum atomic E-state index is 11.3. The monoisotopic (exact) mass is 332 g/mol. The molecule has 130 valence electrons. The Bertz CT molecular complexity index is 542. The molecule has 1 aromatic carbocycles. The third kappa shape index (κ3) is 6.20. The molecule has 0 saturated carbocycles. The van der Waals surface area contributed by atoms with Gasteiger partial charge in [0.25, 0.3) is 0 Å². The van der Waals surface area contributed by atoms with Crippen LogP contribution in [0.3, 0.4) is 0 Å². The number of aromatic carboxylic acids is 1. The third-order valence-electron chi connectivity index (χ3n) is 3.00. The molecule has 0 unspecified atom stereocenters. The van der Waals surface area contributed by atoms with Gasteiger partial charge in [0.2, 0.25) is 5.75 Å². The fourth-order valence-corrected chi connectivity index (χ4v) is 1.81. The number of rotatable bonds is 13. The van der Waals surface area contributed by atoms with E-state index in [0.29, 0.717) is 56.3 Å². The zero-order chi connectivity index (χ0) is 17.8. The van der Waals surface area contributed by atoms with Gasteiger partial charge in [0.15, 0.2) is 11.5 Å². The van der Waals surface area contributed by atoms with Gasteiger partial charge in [0.05, 0.1) is 25.4 Å². The lowest BCUT2D eigenvalue weighted by Crippen LogP contribution is -2.07. The highest BCUT2D eigenvalue weighted by Crippen LogP contribution is 2.39. The molecule has 1 rings (SSSR count). The van der Waals surface area contributed by atoms with Crippen molar-refractivity contribution < 1.29 is 24.1 Å². The Morgan fingerprint density at radius 1 is 0.875 bits per heavy atom. The minimum absolute atomic E-state index is 0.0771. The molecule has 0 amide bonds. The molecule has 0 heterocycles. The van der Waals surface area contributed by atoms with Crippen molar-refractivity contribution in [3.05, 3.63) is 55.7 Å². The number of carbonyl (C=O) groups is 1. The summed E-state index contributed by atoms with van der Waals surface area (Å²) in [6, 6.07) is 2.88. The average molecular weight is 332 g/mol. The number of hydrogen-bond acceptors (Lipinski definition) is 4. The van der Waals surface area contributed by atoms with E-state index in [9.17, 15) is 9.90 Å². The van der Waals surface area contributed by atoms with Gasteiger partial charge in [0.1, 0.15) is 0 Å². The molecule has 5 heteroatoms. The summed E-state index contributed by atoms with van der Waals surface area (Å²) in [6.07, 6.45) is 7.11. The molecule has 0 bridgehead atoms. The predicted molar refractivity (Wildman–Crippen MR) is 94.3 cm³/mol. The fraction of sp³-hybridized carbons (Fsp3) is 0.316. The van der Waals surface area contributed by atoms with Crippen molar-refractivity contribution in [3.8, 4) is 17.2 Å². The number of hydrogen-bond donors (Lipinski definition) is 1. The van der Waals surface area contributed by atoms with E-state index in [4.69, 9.17) is 14.2 Å². The Labute approximate surface area is 142 Å². The lowest BCUT2D eigenvalue weighted by molar-refractivity contribution is 0.0695. The minimum atomic E-state index is -1.06. The van der Waals surface area contributed by atoms with E-state index >= 15 is 0 Å². The zero-order valence-corrected chi connectivity index (χ0v) is 13.8. The van der Waals surface area contributed by atoms with Gasteiger partial charge in [-0.15, -0.1) is 19.7 Å². The molecular weight excluding hydrogens is 308 g/mol. The van der Waals surface area contributed by atoms with E-state index in [0.717, 1.165) is 0 Å². The van der Waals surface area contributed by atoms with Crippen LogP contribution in [0.25, 0.3) is 0 Å². The molecule has 1 N–H and O–H groups in total. The maximum absolute atomic E-state index is 11.3. The van der Waals surface area contributed by atoms with Crippen LogP contribution in [-0.4, -0.2) is 30.9 Å². The van der Waals surface area contributed by atoms with Crippen LogP contribution in [-0.2, 0) is 0 Å². The summed E-state index contributed by atoms with van der Waals surface area (Å²) in [7, 11) is 0.